The third-order valence-corrected chi connectivity index (χ3v) is 4.29. The van der Waals surface area contributed by atoms with Crippen LogP contribution in [0.15, 0.2) is 65.7 Å². The summed E-state index contributed by atoms with van der Waals surface area (Å²) in [6.07, 6.45) is 3.08. The Bertz CT molecular complexity index is 1160. The van der Waals surface area contributed by atoms with Crippen LogP contribution >= 0.6 is 0 Å². The zero-order valence-electron chi connectivity index (χ0n) is 14.6. The van der Waals surface area contributed by atoms with Gasteiger partial charge >= 0.3 is 0 Å². The molecule has 0 spiro atoms. The van der Waals surface area contributed by atoms with E-state index in [2.05, 4.69) is 20.4 Å². The third-order valence-electron chi connectivity index (χ3n) is 4.29. The van der Waals surface area contributed by atoms with Crippen LogP contribution in [0.5, 0.6) is 0 Å². The lowest BCUT2D eigenvalue weighted by Crippen LogP contribution is -2.28. The van der Waals surface area contributed by atoms with Crippen LogP contribution in [-0.2, 0) is 6.54 Å². The maximum atomic E-state index is 12.9. The summed E-state index contributed by atoms with van der Waals surface area (Å²) >= 11 is 0. The molecule has 1 aromatic carbocycles. The van der Waals surface area contributed by atoms with Crippen LogP contribution in [0.4, 0.5) is 0 Å². The number of aromatic amines is 1. The zero-order valence-corrected chi connectivity index (χ0v) is 14.6. The highest BCUT2D eigenvalue weighted by molar-refractivity contribution is 5.97. The van der Waals surface area contributed by atoms with Crippen LogP contribution in [0, 0.1) is 6.92 Å². The van der Waals surface area contributed by atoms with Crippen LogP contribution in [0.25, 0.3) is 16.9 Å². The largest absolute Gasteiger partial charge is 0.348 e. The molecule has 7 heteroatoms. The van der Waals surface area contributed by atoms with Gasteiger partial charge in [-0.05, 0) is 24.6 Å². The summed E-state index contributed by atoms with van der Waals surface area (Å²) in [4.78, 5) is 32.7. The number of hydrogen-bond acceptors (Lipinski definition) is 4. The van der Waals surface area contributed by atoms with E-state index in [1.807, 2.05) is 36.4 Å². The van der Waals surface area contributed by atoms with Gasteiger partial charge in [-0.2, -0.15) is 9.78 Å². The lowest BCUT2D eigenvalue weighted by atomic mass is 10.1. The first-order valence-electron chi connectivity index (χ1n) is 8.49. The zero-order chi connectivity index (χ0) is 18.8. The molecule has 0 aliphatic heterocycles. The average molecular weight is 359 g/mol. The first kappa shape index (κ1) is 16.7. The van der Waals surface area contributed by atoms with Gasteiger partial charge < -0.3 is 10.3 Å². The standard InChI is InChI=1S/C20H17N5O2/c1-13-17-18(26)15(20(27)23-11-14-7-3-2-4-8-14)12-22-19(17)25(24-13)16-9-5-6-10-21-16/h2-10,12H,11H2,1H3,(H,22,26)(H,23,27). The molecule has 0 saturated carbocycles. The molecule has 7 nitrogen and oxygen atoms in total. The van der Waals surface area contributed by atoms with Crippen LogP contribution in [0.3, 0.4) is 0 Å². The van der Waals surface area contributed by atoms with Crippen LogP contribution in [0.1, 0.15) is 21.6 Å². The Balaban J connectivity index is 1.69. The van der Waals surface area contributed by atoms with Gasteiger partial charge in [0, 0.05) is 18.9 Å². The molecule has 134 valence electrons. The van der Waals surface area contributed by atoms with E-state index in [0.29, 0.717) is 29.1 Å². The molecule has 3 heterocycles. The van der Waals surface area contributed by atoms with Crippen LogP contribution in [0.2, 0.25) is 0 Å². The van der Waals surface area contributed by atoms with Gasteiger partial charge in [0.15, 0.2) is 5.82 Å². The summed E-state index contributed by atoms with van der Waals surface area (Å²) in [6.45, 7) is 2.09. The molecular formula is C20H17N5O2. The van der Waals surface area contributed by atoms with E-state index < -0.39 is 5.91 Å². The number of benzene rings is 1. The van der Waals surface area contributed by atoms with Gasteiger partial charge in [-0.15, -0.1) is 0 Å². The number of rotatable bonds is 4. The van der Waals surface area contributed by atoms with E-state index in [9.17, 15) is 9.59 Å². The van der Waals surface area contributed by atoms with Crippen molar-refractivity contribution >= 4 is 16.9 Å². The molecule has 1 amide bonds. The minimum Gasteiger partial charge on any atom is -0.348 e. The lowest BCUT2D eigenvalue weighted by molar-refractivity contribution is 0.0949. The van der Waals surface area contributed by atoms with E-state index in [1.165, 1.54) is 6.20 Å². The molecule has 0 atom stereocenters. The summed E-state index contributed by atoms with van der Waals surface area (Å²) in [6, 6.07) is 15.0. The first-order chi connectivity index (χ1) is 13.1. The SMILES string of the molecule is Cc1nn(-c2ccccn2)c2[nH]cc(C(=O)NCc3ccccc3)c(=O)c12. The molecule has 27 heavy (non-hydrogen) atoms. The Morgan fingerprint density at radius 1 is 1.15 bits per heavy atom. The molecule has 0 aliphatic carbocycles. The molecule has 0 bridgehead atoms. The number of aromatic nitrogens is 4. The van der Waals surface area contributed by atoms with Gasteiger partial charge in [0.25, 0.3) is 5.91 Å². The molecule has 0 unspecified atom stereocenters. The number of H-pyrrole nitrogens is 1. The number of carbonyl (C=O) groups excluding carboxylic acids is 1. The summed E-state index contributed by atoms with van der Waals surface area (Å²) in [5.74, 6) is 0.166. The topological polar surface area (TPSA) is 92.7 Å². The summed E-state index contributed by atoms with van der Waals surface area (Å²) in [5, 5.41) is 7.57. The Hall–Kier alpha value is -3.74. The second-order valence-electron chi connectivity index (χ2n) is 6.11. The van der Waals surface area contributed by atoms with Crippen molar-refractivity contribution < 1.29 is 4.79 Å². The molecule has 4 aromatic rings. The molecule has 3 aromatic heterocycles. The normalized spacial score (nSPS) is 10.9. The number of hydrogen-bond donors (Lipinski definition) is 2. The Kier molecular flexibility index (Phi) is 4.25. The molecule has 2 N–H and O–H groups in total. The number of nitrogens with one attached hydrogen (secondary N) is 2. The smallest absolute Gasteiger partial charge is 0.257 e. The van der Waals surface area contributed by atoms with Crippen molar-refractivity contribution in [3.05, 3.63) is 88.0 Å². The van der Waals surface area contributed by atoms with Crippen molar-refractivity contribution in [2.45, 2.75) is 13.5 Å². The van der Waals surface area contributed by atoms with Crippen molar-refractivity contribution in [2.24, 2.45) is 0 Å². The first-order valence-corrected chi connectivity index (χ1v) is 8.49. The van der Waals surface area contributed by atoms with E-state index in [0.717, 1.165) is 5.56 Å². The van der Waals surface area contributed by atoms with Crippen molar-refractivity contribution in [3.63, 3.8) is 0 Å². The number of carbonyl (C=O) groups is 1. The Morgan fingerprint density at radius 2 is 1.93 bits per heavy atom. The number of amides is 1. The fourth-order valence-electron chi connectivity index (χ4n) is 2.96. The van der Waals surface area contributed by atoms with E-state index >= 15 is 0 Å². The molecule has 0 fully saturated rings. The monoisotopic (exact) mass is 359 g/mol. The fourth-order valence-corrected chi connectivity index (χ4v) is 2.96. The highest BCUT2D eigenvalue weighted by atomic mass is 16.2. The highest BCUT2D eigenvalue weighted by Gasteiger charge is 2.19. The second-order valence-corrected chi connectivity index (χ2v) is 6.11. The molecule has 0 aliphatic rings. The minimum absolute atomic E-state index is 0.0575. The Labute approximate surface area is 154 Å². The summed E-state index contributed by atoms with van der Waals surface area (Å²) in [7, 11) is 0. The quantitative estimate of drug-likeness (QED) is 0.585. The third kappa shape index (κ3) is 3.10. The average Bonchev–Trinajstić information content (AvgIpc) is 3.05. The minimum atomic E-state index is -0.424. The second kappa shape index (κ2) is 6.87. The van der Waals surface area contributed by atoms with E-state index in [1.54, 1.807) is 29.9 Å². The van der Waals surface area contributed by atoms with Crippen molar-refractivity contribution in [1.29, 1.82) is 0 Å². The van der Waals surface area contributed by atoms with Gasteiger partial charge in [-0.25, -0.2) is 4.98 Å². The molecule has 0 saturated heterocycles. The van der Waals surface area contributed by atoms with Gasteiger partial charge in [0.05, 0.1) is 11.1 Å². The highest BCUT2D eigenvalue weighted by Crippen LogP contribution is 2.16. The van der Waals surface area contributed by atoms with Gasteiger partial charge in [-0.1, -0.05) is 36.4 Å². The van der Waals surface area contributed by atoms with E-state index in [-0.39, 0.29) is 11.0 Å². The number of pyridine rings is 2. The Morgan fingerprint density at radius 3 is 2.67 bits per heavy atom. The van der Waals surface area contributed by atoms with Crippen molar-refractivity contribution in [3.8, 4) is 5.82 Å². The maximum Gasteiger partial charge on any atom is 0.257 e. The number of aryl methyl sites for hydroxylation is 1. The predicted octanol–water partition coefficient (Wildman–Crippen LogP) is 2.35. The summed E-state index contributed by atoms with van der Waals surface area (Å²) < 4.78 is 1.57. The fraction of sp³-hybridized carbons (Fsp3) is 0.100. The van der Waals surface area contributed by atoms with Crippen LogP contribution < -0.4 is 10.7 Å². The lowest BCUT2D eigenvalue weighted by Gasteiger charge is -2.06. The molecule has 0 radical (unpaired) electrons. The van der Waals surface area contributed by atoms with Crippen molar-refractivity contribution in [2.75, 3.05) is 0 Å². The van der Waals surface area contributed by atoms with Crippen molar-refractivity contribution in [1.82, 2.24) is 25.1 Å². The van der Waals surface area contributed by atoms with Gasteiger partial charge in [0.2, 0.25) is 5.43 Å². The van der Waals surface area contributed by atoms with Crippen LogP contribution in [-0.4, -0.2) is 25.7 Å². The van der Waals surface area contributed by atoms with E-state index in [4.69, 9.17) is 0 Å². The number of nitrogens with zero attached hydrogens (tertiary/aromatic N) is 3. The molecule has 4 rings (SSSR count). The van der Waals surface area contributed by atoms with Gasteiger partial charge in [-0.3, -0.25) is 9.59 Å². The van der Waals surface area contributed by atoms with Gasteiger partial charge in [0.1, 0.15) is 11.2 Å². The number of fused-ring (bicyclic) bond motifs is 1. The summed E-state index contributed by atoms with van der Waals surface area (Å²) in [5.41, 5.74) is 1.71. The molecular weight excluding hydrogens is 342 g/mol. The maximum absolute atomic E-state index is 12.9. The predicted molar refractivity (Wildman–Crippen MR) is 102 cm³/mol.